The van der Waals surface area contributed by atoms with Crippen molar-refractivity contribution in [3.05, 3.63) is 17.7 Å². The van der Waals surface area contributed by atoms with Crippen molar-refractivity contribution in [2.75, 3.05) is 6.79 Å². The molecule has 1 fully saturated rings. The van der Waals surface area contributed by atoms with Crippen molar-refractivity contribution in [2.45, 2.75) is 37.9 Å². The molecule has 5 nitrogen and oxygen atoms in total. The topological polar surface area (TPSA) is 65.0 Å². The quantitative estimate of drug-likeness (QED) is 0.845. The average molecular weight is 264 g/mol. The summed E-state index contributed by atoms with van der Waals surface area (Å²) in [5, 5.41) is 9.92. The molecular formula is C14H16O5. The number of rotatable bonds is 3. The molecule has 102 valence electrons. The second-order valence-electron chi connectivity index (χ2n) is 4.87. The summed E-state index contributed by atoms with van der Waals surface area (Å²) in [6.07, 6.45) is 3.59. The summed E-state index contributed by atoms with van der Waals surface area (Å²) in [4.78, 5) is 11.1. The SMILES string of the molecule is O=Cc1cc2c(cc1OC1CCCCC1O)OCO2. The normalized spacial score (nSPS) is 25.1. The first-order chi connectivity index (χ1) is 9.28. The molecule has 2 aliphatic rings. The van der Waals surface area contributed by atoms with Crippen molar-refractivity contribution < 1.29 is 24.1 Å². The number of aliphatic hydroxyl groups excluding tert-OH is 1. The molecule has 1 saturated carbocycles. The van der Waals surface area contributed by atoms with E-state index in [2.05, 4.69) is 0 Å². The molecule has 19 heavy (non-hydrogen) atoms. The van der Waals surface area contributed by atoms with Crippen molar-refractivity contribution >= 4 is 6.29 Å². The van der Waals surface area contributed by atoms with Gasteiger partial charge in [0.2, 0.25) is 6.79 Å². The summed E-state index contributed by atoms with van der Waals surface area (Å²) in [5.74, 6) is 1.58. The molecule has 1 N–H and O–H groups in total. The van der Waals surface area contributed by atoms with E-state index in [9.17, 15) is 9.90 Å². The minimum Gasteiger partial charge on any atom is -0.487 e. The Morgan fingerprint density at radius 2 is 1.95 bits per heavy atom. The third kappa shape index (κ3) is 2.38. The van der Waals surface area contributed by atoms with E-state index < -0.39 is 6.10 Å². The Morgan fingerprint density at radius 3 is 2.68 bits per heavy atom. The maximum Gasteiger partial charge on any atom is 0.231 e. The van der Waals surface area contributed by atoms with E-state index in [1.165, 1.54) is 0 Å². The molecule has 1 aromatic rings. The number of aldehydes is 1. The lowest BCUT2D eigenvalue weighted by Crippen LogP contribution is -2.34. The molecule has 0 aromatic heterocycles. The third-order valence-corrected chi connectivity index (χ3v) is 3.58. The highest BCUT2D eigenvalue weighted by molar-refractivity contribution is 5.81. The summed E-state index contributed by atoms with van der Waals surface area (Å²) in [5.41, 5.74) is 0.419. The lowest BCUT2D eigenvalue weighted by atomic mass is 9.95. The van der Waals surface area contributed by atoms with Crippen LogP contribution in [0.15, 0.2) is 12.1 Å². The number of ether oxygens (including phenoxy) is 3. The molecule has 3 rings (SSSR count). The molecule has 1 aromatic carbocycles. The Kier molecular flexibility index (Phi) is 3.29. The minimum atomic E-state index is -0.473. The Labute approximate surface area is 111 Å². The molecule has 0 radical (unpaired) electrons. The van der Waals surface area contributed by atoms with Crippen LogP contribution in [0.5, 0.6) is 17.2 Å². The fourth-order valence-electron chi connectivity index (χ4n) is 2.51. The first-order valence-corrected chi connectivity index (χ1v) is 6.51. The van der Waals surface area contributed by atoms with Crippen LogP contribution in [0.3, 0.4) is 0 Å². The highest BCUT2D eigenvalue weighted by atomic mass is 16.7. The lowest BCUT2D eigenvalue weighted by Gasteiger charge is -2.28. The van der Waals surface area contributed by atoms with Gasteiger partial charge in [-0.05, 0) is 25.3 Å². The summed E-state index contributed by atoms with van der Waals surface area (Å²) in [7, 11) is 0. The zero-order valence-corrected chi connectivity index (χ0v) is 10.5. The highest BCUT2D eigenvalue weighted by Crippen LogP contribution is 2.38. The van der Waals surface area contributed by atoms with Gasteiger partial charge in [0.05, 0.1) is 11.7 Å². The van der Waals surface area contributed by atoms with Gasteiger partial charge in [0.15, 0.2) is 17.8 Å². The molecule has 0 amide bonds. The summed E-state index contributed by atoms with van der Waals surface area (Å²) in [6, 6.07) is 3.27. The van der Waals surface area contributed by atoms with Crippen molar-refractivity contribution in [1.29, 1.82) is 0 Å². The first kappa shape index (κ1) is 12.3. The van der Waals surface area contributed by atoms with E-state index in [1.54, 1.807) is 12.1 Å². The van der Waals surface area contributed by atoms with Gasteiger partial charge >= 0.3 is 0 Å². The average Bonchev–Trinajstić information content (AvgIpc) is 2.87. The molecule has 5 heteroatoms. The zero-order chi connectivity index (χ0) is 13.2. The number of hydrogen-bond acceptors (Lipinski definition) is 5. The fourth-order valence-corrected chi connectivity index (χ4v) is 2.51. The second-order valence-corrected chi connectivity index (χ2v) is 4.87. The van der Waals surface area contributed by atoms with Gasteiger partial charge in [-0.25, -0.2) is 0 Å². The van der Waals surface area contributed by atoms with Gasteiger partial charge in [-0.15, -0.1) is 0 Å². The molecule has 0 bridgehead atoms. The predicted octanol–water partition coefficient (Wildman–Crippen LogP) is 1.91. The van der Waals surface area contributed by atoms with Crippen molar-refractivity contribution in [3.63, 3.8) is 0 Å². The molecular weight excluding hydrogens is 248 g/mol. The summed E-state index contributed by atoms with van der Waals surface area (Å²) in [6.45, 7) is 0.156. The van der Waals surface area contributed by atoms with Crippen LogP contribution in [-0.2, 0) is 0 Å². The number of hydrogen-bond donors (Lipinski definition) is 1. The highest BCUT2D eigenvalue weighted by Gasteiger charge is 2.26. The largest absolute Gasteiger partial charge is 0.487 e. The number of carbonyl (C=O) groups excluding carboxylic acids is 1. The van der Waals surface area contributed by atoms with Gasteiger partial charge < -0.3 is 19.3 Å². The van der Waals surface area contributed by atoms with Crippen LogP contribution in [0.1, 0.15) is 36.0 Å². The standard InChI is InChI=1S/C14H16O5/c15-7-9-5-13-14(18-8-17-13)6-12(9)19-11-4-2-1-3-10(11)16/h5-7,10-11,16H,1-4,8H2. The Hall–Kier alpha value is -1.75. The summed E-state index contributed by atoms with van der Waals surface area (Å²) >= 11 is 0. The van der Waals surface area contributed by atoms with Gasteiger partial charge in [-0.1, -0.05) is 6.42 Å². The molecule has 0 saturated heterocycles. The molecule has 1 heterocycles. The monoisotopic (exact) mass is 264 g/mol. The Balaban J connectivity index is 1.85. The van der Waals surface area contributed by atoms with Crippen molar-refractivity contribution in [3.8, 4) is 17.2 Å². The van der Waals surface area contributed by atoms with Crippen LogP contribution in [0.4, 0.5) is 0 Å². The maximum absolute atomic E-state index is 11.1. The van der Waals surface area contributed by atoms with Crippen LogP contribution >= 0.6 is 0 Å². The number of benzene rings is 1. The smallest absolute Gasteiger partial charge is 0.231 e. The molecule has 1 aliphatic heterocycles. The fraction of sp³-hybridized carbons (Fsp3) is 0.500. The molecule has 2 atom stereocenters. The van der Waals surface area contributed by atoms with Crippen LogP contribution in [0.2, 0.25) is 0 Å². The van der Waals surface area contributed by atoms with Crippen molar-refractivity contribution in [1.82, 2.24) is 0 Å². The van der Waals surface area contributed by atoms with E-state index in [4.69, 9.17) is 14.2 Å². The van der Waals surface area contributed by atoms with Crippen LogP contribution < -0.4 is 14.2 Å². The Morgan fingerprint density at radius 1 is 1.21 bits per heavy atom. The molecule has 1 aliphatic carbocycles. The maximum atomic E-state index is 11.1. The minimum absolute atomic E-state index is 0.156. The van der Waals surface area contributed by atoms with E-state index in [0.29, 0.717) is 22.8 Å². The summed E-state index contributed by atoms with van der Waals surface area (Å²) < 4.78 is 16.3. The van der Waals surface area contributed by atoms with Crippen LogP contribution in [0, 0.1) is 0 Å². The van der Waals surface area contributed by atoms with Crippen LogP contribution in [0.25, 0.3) is 0 Å². The van der Waals surface area contributed by atoms with Crippen LogP contribution in [-0.4, -0.2) is 30.4 Å². The Bertz CT molecular complexity index is 485. The van der Waals surface area contributed by atoms with Gasteiger partial charge in [-0.3, -0.25) is 4.79 Å². The van der Waals surface area contributed by atoms with E-state index >= 15 is 0 Å². The number of carbonyl (C=O) groups is 1. The number of aliphatic hydroxyl groups is 1. The van der Waals surface area contributed by atoms with E-state index in [0.717, 1.165) is 32.0 Å². The van der Waals surface area contributed by atoms with Gasteiger partial charge in [-0.2, -0.15) is 0 Å². The number of fused-ring (bicyclic) bond motifs is 1. The first-order valence-electron chi connectivity index (χ1n) is 6.51. The lowest BCUT2D eigenvalue weighted by molar-refractivity contribution is 0.00650. The van der Waals surface area contributed by atoms with E-state index in [-0.39, 0.29) is 12.9 Å². The van der Waals surface area contributed by atoms with Gasteiger partial charge in [0.25, 0.3) is 0 Å². The van der Waals surface area contributed by atoms with Crippen molar-refractivity contribution in [2.24, 2.45) is 0 Å². The van der Waals surface area contributed by atoms with E-state index in [1.807, 2.05) is 0 Å². The van der Waals surface area contributed by atoms with Gasteiger partial charge in [0.1, 0.15) is 11.9 Å². The third-order valence-electron chi connectivity index (χ3n) is 3.58. The molecule has 2 unspecified atom stereocenters. The zero-order valence-electron chi connectivity index (χ0n) is 10.5. The van der Waals surface area contributed by atoms with Gasteiger partial charge in [0, 0.05) is 6.07 Å². The predicted molar refractivity (Wildman–Crippen MR) is 66.8 cm³/mol. The second kappa shape index (κ2) is 5.09. The molecule has 0 spiro atoms.